The summed E-state index contributed by atoms with van der Waals surface area (Å²) in [7, 11) is 0. The van der Waals surface area contributed by atoms with Gasteiger partial charge in [-0.2, -0.15) is 11.3 Å². The van der Waals surface area contributed by atoms with Crippen LogP contribution in [0.25, 0.3) is 0 Å². The second-order valence-electron chi connectivity index (χ2n) is 7.15. The average Bonchev–Trinajstić information content (AvgIpc) is 3.15. The zero-order valence-corrected chi connectivity index (χ0v) is 17.4. The van der Waals surface area contributed by atoms with Crippen LogP contribution in [0.2, 0.25) is 0 Å². The fourth-order valence-corrected chi connectivity index (χ4v) is 4.92. The van der Waals surface area contributed by atoms with E-state index in [9.17, 15) is 14.4 Å². The Kier molecular flexibility index (Phi) is 6.13. The first-order valence-electron chi connectivity index (χ1n) is 9.58. The Labute approximate surface area is 168 Å². The summed E-state index contributed by atoms with van der Waals surface area (Å²) in [5.74, 6) is -3.35. The summed E-state index contributed by atoms with van der Waals surface area (Å²) in [6.45, 7) is 7.59. The van der Waals surface area contributed by atoms with Crippen molar-refractivity contribution in [3.05, 3.63) is 33.7 Å². The molecule has 0 radical (unpaired) electrons. The van der Waals surface area contributed by atoms with Crippen molar-refractivity contribution >= 4 is 34.8 Å². The number of aliphatic imine (C=N–C) groups is 1. The van der Waals surface area contributed by atoms with Crippen LogP contribution in [0.3, 0.4) is 0 Å². The van der Waals surface area contributed by atoms with Crippen molar-refractivity contribution < 1.29 is 23.9 Å². The molecule has 0 saturated heterocycles. The van der Waals surface area contributed by atoms with Crippen LogP contribution in [-0.2, 0) is 23.9 Å². The molecule has 1 aliphatic carbocycles. The number of ether oxygens (including phenoxy) is 2. The van der Waals surface area contributed by atoms with Crippen LogP contribution in [0, 0.1) is 17.8 Å². The van der Waals surface area contributed by atoms with Gasteiger partial charge < -0.3 is 9.47 Å². The predicted molar refractivity (Wildman–Crippen MR) is 106 cm³/mol. The highest BCUT2D eigenvalue weighted by Gasteiger charge is 2.51. The van der Waals surface area contributed by atoms with Gasteiger partial charge in [0, 0.05) is 17.3 Å². The van der Waals surface area contributed by atoms with Crippen molar-refractivity contribution in [2.24, 2.45) is 22.7 Å². The smallest absolute Gasteiger partial charge is 0.336 e. The number of nitrogens with zero attached hydrogens (tertiary/aromatic N) is 1. The molecule has 0 bridgehead atoms. The van der Waals surface area contributed by atoms with E-state index in [1.165, 1.54) is 11.3 Å². The van der Waals surface area contributed by atoms with Crippen LogP contribution >= 0.6 is 11.3 Å². The van der Waals surface area contributed by atoms with Gasteiger partial charge >= 0.3 is 11.9 Å². The minimum Gasteiger partial charge on any atom is -0.465 e. The Morgan fingerprint density at radius 1 is 1.21 bits per heavy atom. The van der Waals surface area contributed by atoms with Crippen LogP contribution in [0.15, 0.2) is 33.1 Å². The first-order valence-corrected chi connectivity index (χ1v) is 10.5. The minimum absolute atomic E-state index is 0.193. The molecule has 0 spiro atoms. The summed E-state index contributed by atoms with van der Waals surface area (Å²) in [5, 5.41) is 3.85. The van der Waals surface area contributed by atoms with Gasteiger partial charge in [-0.3, -0.25) is 14.6 Å². The third-order valence-corrected chi connectivity index (χ3v) is 6.06. The van der Waals surface area contributed by atoms with Crippen molar-refractivity contribution in [3.8, 4) is 0 Å². The number of ketones is 1. The monoisotopic (exact) mass is 403 g/mol. The predicted octanol–water partition coefficient (Wildman–Crippen LogP) is 3.53. The molecule has 2 heterocycles. The topological polar surface area (TPSA) is 82.0 Å². The quantitative estimate of drug-likeness (QED) is 0.555. The largest absolute Gasteiger partial charge is 0.465 e. The standard InChI is InChI=1S/C21H25NO5S/c1-5-26-20(24)15-11(3)9-14-18(19(15)23)17(13-7-8-28-10-13)16(12(4)22-14)21(25)27-6-2/h7-8,10-11,15,17-18H,5-6,9H2,1-4H3/t11-,15+,17-,18?/m1/s1. The highest BCUT2D eigenvalue weighted by Crippen LogP contribution is 2.46. The summed E-state index contributed by atoms with van der Waals surface area (Å²) in [5.41, 5.74) is 2.59. The molecule has 1 aromatic rings. The van der Waals surface area contributed by atoms with Gasteiger partial charge in [0.2, 0.25) is 0 Å². The number of hydrogen-bond donors (Lipinski definition) is 0. The van der Waals surface area contributed by atoms with Crippen LogP contribution in [-0.4, -0.2) is 36.6 Å². The lowest BCUT2D eigenvalue weighted by molar-refractivity contribution is -0.154. The molecular weight excluding hydrogens is 378 g/mol. The lowest BCUT2D eigenvalue weighted by Crippen LogP contribution is -2.48. The van der Waals surface area contributed by atoms with E-state index in [0.29, 0.717) is 17.7 Å². The summed E-state index contributed by atoms with van der Waals surface area (Å²) >= 11 is 1.50. The first kappa shape index (κ1) is 20.5. The SMILES string of the molecule is CCOC(=O)C1=C(C)N=C2C[C@@H](C)[C@H](C(=O)OCC)C(=O)C2[C@@H]1c1ccsc1. The third kappa shape index (κ3) is 3.55. The second kappa shape index (κ2) is 8.39. The van der Waals surface area contributed by atoms with E-state index in [1.807, 2.05) is 23.8 Å². The van der Waals surface area contributed by atoms with Crippen LogP contribution in [0.4, 0.5) is 0 Å². The van der Waals surface area contributed by atoms with E-state index in [-0.39, 0.29) is 24.9 Å². The number of thiophene rings is 1. The summed E-state index contributed by atoms with van der Waals surface area (Å²) in [4.78, 5) is 43.3. The van der Waals surface area contributed by atoms with E-state index >= 15 is 0 Å². The Hall–Kier alpha value is -2.28. The normalized spacial score (nSPS) is 27.1. The zero-order chi connectivity index (χ0) is 20.4. The fraction of sp³-hybridized carbons (Fsp3) is 0.524. The van der Waals surface area contributed by atoms with Crippen LogP contribution in [0.1, 0.15) is 45.6 Å². The number of fused-ring (bicyclic) bond motifs is 1. The van der Waals surface area contributed by atoms with Gasteiger partial charge in [0.05, 0.1) is 24.7 Å². The van der Waals surface area contributed by atoms with Crippen molar-refractivity contribution in [3.63, 3.8) is 0 Å². The van der Waals surface area contributed by atoms with E-state index < -0.39 is 29.7 Å². The maximum Gasteiger partial charge on any atom is 0.336 e. The van der Waals surface area contributed by atoms with E-state index in [4.69, 9.17) is 9.47 Å². The molecule has 3 rings (SSSR count). The van der Waals surface area contributed by atoms with Crippen LogP contribution < -0.4 is 0 Å². The highest BCUT2D eigenvalue weighted by atomic mass is 32.1. The first-order chi connectivity index (χ1) is 13.4. The van der Waals surface area contributed by atoms with Crippen molar-refractivity contribution in [1.29, 1.82) is 0 Å². The van der Waals surface area contributed by atoms with Crippen molar-refractivity contribution in [2.75, 3.05) is 13.2 Å². The Balaban J connectivity index is 2.10. The fourth-order valence-electron chi connectivity index (χ4n) is 4.23. The number of Topliss-reactive ketones (excluding diaryl/α,β-unsaturated/α-hetero) is 1. The van der Waals surface area contributed by atoms with Gasteiger partial charge in [0.1, 0.15) is 5.92 Å². The average molecular weight is 404 g/mol. The molecule has 6 nitrogen and oxygen atoms in total. The van der Waals surface area contributed by atoms with Gasteiger partial charge in [-0.15, -0.1) is 0 Å². The lowest BCUT2D eigenvalue weighted by atomic mass is 9.64. The van der Waals surface area contributed by atoms with Gasteiger partial charge in [-0.1, -0.05) is 6.92 Å². The summed E-state index contributed by atoms with van der Waals surface area (Å²) in [6.07, 6.45) is 0.522. The van der Waals surface area contributed by atoms with E-state index in [1.54, 1.807) is 20.8 Å². The zero-order valence-electron chi connectivity index (χ0n) is 16.6. The van der Waals surface area contributed by atoms with Crippen molar-refractivity contribution in [2.45, 2.75) is 40.0 Å². The third-order valence-electron chi connectivity index (χ3n) is 5.36. The molecule has 1 aliphatic heterocycles. The Morgan fingerprint density at radius 3 is 2.54 bits per heavy atom. The number of carbonyl (C=O) groups is 3. The highest BCUT2D eigenvalue weighted by molar-refractivity contribution is 7.08. The van der Waals surface area contributed by atoms with Gasteiger partial charge in [0.25, 0.3) is 0 Å². The molecule has 4 atom stereocenters. The van der Waals surface area contributed by atoms with Crippen molar-refractivity contribution in [1.82, 2.24) is 0 Å². The Morgan fingerprint density at radius 2 is 1.93 bits per heavy atom. The second-order valence-corrected chi connectivity index (χ2v) is 7.93. The number of carbonyl (C=O) groups excluding carboxylic acids is 3. The molecular formula is C21H25NO5S. The summed E-state index contributed by atoms with van der Waals surface area (Å²) < 4.78 is 10.4. The number of esters is 2. The number of hydrogen-bond acceptors (Lipinski definition) is 7. The molecule has 28 heavy (non-hydrogen) atoms. The molecule has 1 saturated carbocycles. The summed E-state index contributed by atoms with van der Waals surface area (Å²) in [6, 6.07) is 1.91. The van der Waals surface area contributed by atoms with E-state index in [2.05, 4.69) is 4.99 Å². The molecule has 1 unspecified atom stereocenters. The maximum atomic E-state index is 13.5. The molecule has 0 aromatic carbocycles. The number of allylic oxidation sites excluding steroid dienone is 1. The molecule has 1 fully saturated rings. The molecule has 150 valence electrons. The van der Waals surface area contributed by atoms with Gasteiger partial charge in [-0.25, -0.2) is 4.79 Å². The van der Waals surface area contributed by atoms with Gasteiger partial charge in [-0.05, 0) is 55.5 Å². The van der Waals surface area contributed by atoms with E-state index in [0.717, 1.165) is 11.3 Å². The Bertz CT molecular complexity index is 839. The molecule has 2 aliphatic rings. The minimum atomic E-state index is -0.841. The van der Waals surface area contributed by atoms with Gasteiger partial charge in [0.15, 0.2) is 5.78 Å². The molecule has 1 aromatic heterocycles. The van der Waals surface area contributed by atoms with Crippen LogP contribution in [0.5, 0.6) is 0 Å². The molecule has 7 heteroatoms. The lowest BCUT2D eigenvalue weighted by Gasteiger charge is -2.39. The molecule has 0 amide bonds. The number of rotatable bonds is 5. The maximum absolute atomic E-state index is 13.5. The molecule has 0 N–H and O–H groups in total.